The van der Waals surface area contributed by atoms with Crippen molar-refractivity contribution in [2.24, 2.45) is 0 Å². The molecule has 1 aromatic carbocycles. The SMILES string of the molecule is [B]C1([B])C(=O)C([B])([B])C([B])([B])N(C(=O)c2ccc(F)c(Cl)c2)C1([B])[B]. The van der Waals surface area contributed by atoms with E-state index in [0.29, 0.717) is 4.90 Å². The van der Waals surface area contributed by atoms with Gasteiger partial charge in [-0.1, -0.05) is 11.6 Å². The van der Waals surface area contributed by atoms with Gasteiger partial charge in [0, 0.05) is 5.56 Å². The molecule has 0 N–H and O–H groups in total. The molecular formula is C12H3B8ClFNO2. The molecule has 0 aromatic heterocycles. The third-order valence-electron chi connectivity index (χ3n) is 4.19. The van der Waals surface area contributed by atoms with Crippen LogP contribution in [0.25, 0.3) is 0 Å². The molecule has 2 rings (SSSR count). The molecule has 13 heteroatoms. The number of hydrogen-bond donors (Lipinski definition) is 0. The maximum Gasteiger partial charge on any atom is 0.252 e. The normalized spacial score (nSPS) is 23.1. The molecule has 1 aliphatic rings. The lowest BCUT2D eigenvalue weighted by molar-refractivity contribution is -0.126. The van der Waals surface area contributed by atoms with Crippen molar-refractivity contribution in [1.82, 2.24) is 4.90 Å². The predicted octanol–water partition coefficient (Wildman–Crippen LogP) is -1.61. The van der Waals surface area contributed by atoms with E-state index in [-0.39, 0.29) is 10.6 Å². The summed E-state index contributed by atoms with van der Waals surface area (Å²) in [7, 11) is 46.0. The van der Waals surface area contributed by atoms with Gasteiger partial charge in [-0.3, -0.25) is 4.79 Å². The molecule has 0 bridgehead atoms. The van der Waals surface area contributed by atoms with Gasteiger partial charge in [-0.05, 0) is 39.3 Å². The van der Waals surface area contributed by atoms with Crippen molar-refractivity contribution in [2.75, 3.05) is 0 Å². The van der Waals surface area contributed by atoms with Gasteiger partial charge in [-0.2, -0.15) is 0 Å². The smallest absolute Gasteiger partial charge is 0.252 e. The first-order valence-electron chi connectivity index (χ1n) is 6.75. The maximum absolute atomic E-state index is 13.3. The number of piperidine rings is 1. The van der Waals surface area contributed by atoms with Crippen molar-refractivity contribution in [3.05, 3.63) is 34.6 Å². The number of amides is 1. The topological polar surface area (TPSA) is 37.4 Å². The van der Waals surface area contributed by atoms with Crippen LogP contribution in [-0.4, -0.2) is 90.0 Å². The molecule has 0 unspecified atom stereocenters. The molecule has 1 aliphatic heterocycles. The van der Waals surface area contributed by atoms with E-state index in [1.54, 1.807) is 0 Å². The Morgan fingerprint density at radius 2 is 1.40 bits per heavy atom. The fourth-order valence-corrected chi connectivity index (χ4v) is 2.66. The van der Waals surface area contributed by atoms with E-state index in [1.807, 2.05) is 0 Å². The number of halogens is 2. The first-order chi connectivity index (χ1) is 11.1. The third kappa shape index (κ3) is 2.67. The Morgan fingerprint density at radius 1 is 0.960 bits per heavy atom. The summed E-state index contributed by atoms with van der Waals surface area (Å²) in [6.45, 7) is 0. The number of ketones is 1. The number of likely N-dealkylation sites (tertiary alicyclic amines) is 1. The minimum atomic E-state index is -2.60. The van der Waals surface area contributed by atoms with Gasteiger partial charge >= 0.3 is 0 Å². The highest BCUT2D eigenvalue weighted by Crippen LogP contribution is 2.53. The zero-order chi connectivity index (χ0) is 19.6. The van der Waals surface area contributed by atoms with Crippen LogP contribution < -0.4 is 0 Å². The van der Waals surface area contributed by atoms with Crippen LogP contribution in [-0.2, 0) is 4.79 Å². The highest BCUT2D eigenvalue weighted by Gasteiger charge is 2.62. The molecule has 3 nitrogen and oxygen atoms in total. The largest absolute Gasteiger partial charge is 0.363 e. The number of carbonyl (C=O) groups excluding carboxylic acids is 2. The Labute approximate surface area is 160 Å². The average Bonchev–Trinajstić information content (AvgIpc) is 2.47. The van der Waals surface area contributed by atoms with Gasteiger partial charge < -0.3 is 9.69 Å². The molecule has 0 saturated carbocycles. The van der Waals surface area contributed by atoms with Crippen LogP contribution in [0.3, 0.4) is 0 Å². The second-order valence-corrected chi connectivity index (χ2v) is 6.39. The van der Waals surface area contributed by atoms with Gasteiger partial charge in [0.2, 0.25) is 0 Å². The second-order valence-electron chi connectivity index (χ2n) is 5.99. The number of rotatable bonds is 1. The van der Waals surface area contributed by atoms with E-state index < -0.39 is 38.6 Å². The Morgan fingerprint density at radius 3 is 1.80 bits per heavy atom. The van der Waals surface area contributed by atoms with E-state index in [2.05, 4.69) is 0 Å². The van der Waals surface area contributed by atoms with Gasteiger partial charge in [-0.25, -0.2) is 4.39 Å². The maximum atomic E-state index is 13.3. The highest BCUT2D eigenvalue weighted by atomic mass is 35.5. The molecule has 1 saturated heterocycles. The Bertz CT molecular complexity index is 739. The Balaban J connectivity index is 2.69. The Kier molecular flexibility index (Phi) is 4.74. The van der Waals surface area contributed by atoms with Gasteiger partial charge in [0.25, 0.3) is 5.91 Å². The van der Waals surface area contributed by atoms with Crippen molar-refractivity contribution in [3.8, 4) is 0 Å². The first-order valence-corrected chi connectivity index (χ1v) is 7.13. The second kappa shape index (κ2) is 5.80. The van der Waals surface area contributed by atoms with E-state index in [1.165, 1.54) is 0 Å². The standard InChI is InChI=1S/C12H3B8ClFNO2/c13-9(14)8(25)10(15,16)12(19,20)23(11(9,17)18)7(24)4-1-2-6(22)5(21)3-4/h1-3H. The van der Waals surface area contributed by atoms with Crippen molar-refractivity contribution in [3.63, 3.8) is 0 Å². The van der Waals surface area contributed by atoms with Crippen LogP contribution in [0.4, 0.5) is 4.39 Å². The molecule has 0 aliphatic carbocycles. The molecular weight excluding hydrogens is 331 g/mol. The lowest BCUT2D eigenvalue weighted by atomic mass is 9.18. The Hall–Kier alpha value is -0.901. The van der Waals surface area contributed by atoms with Crippen LogP contribution in [0.15, 0.2) is 18.2 Å². The van der Waals surface area contributed by atoms with Crippen LogP contribution in [0.5, 0.6) is 0 Å². The monoisotopic (exact) mass is 335 g/mol. The summed E-state index contributed by atoms with van der Waals surface area (Å²) in [6, 6.07) is 2.92. The minimum absolute atomic E-state index is 0.229. The van der Waals surface area contributed by atoms with Gasteiger partial charge in [0.15, 0.2) is 0 Å². The van der Waals surface area contributed by atoms with Crippen LogP contribution in [0, 0.1) is 5.82 Å². The molecule has 1 aromatic rings. The van der Waals surface area contributed by atoms with E-state index in [4.69, 9.17) is 74.4 Å². The molecule has 25 heavy (non-hydrogen) atoms. The van der Waals surface area contributed by atoms with E-state index >= 15 is 0 Å². The molecule has 1 heterocycles. The zero-order valence-corrected chi connectivity index (χ0v) is 13.6. The number of Topliss-reactive ketones (excluding diaryl/α,β-unsaturated/α-hetero) is 1. The summed E-state index contributed by atoms with van der Waals surface area (Å²) < 4.78 is 13.3. The lowest BCUT2D eigenvalue weighted by Gasteiger charge is -2.69. The third-order valence-corrected chi connectivity index (χ3v) is 4.48. The molecule has 106 valence electrons. The van der Waals surface area contributed by atoms with Gasteiger partial charge in [-0.15, -0.1) is 0 Å². The molecule has 0 atom stereocenters. The summed E-state index contributed by atoms with van der Waals surface area (Å²) in [5, 5.41) is -10.8. The number of benzene rings is 1. The summed E-state index contributed by atoms with van der Waals surface area (Å²) in [5.41, 5.74) is -0.229. The quantitative estimate of drug-likeness (QED) is 0.580. The summed E-state index contributed by atoms with van der Waals surface area (Å²) in [6.07, 6.45) is 0. The van der Waals surface area contributed by atoms with Gasteiger partial charge in [0.1, 0.15) is 11.6 Å². The van der Waals surface area contributed by atoms with E-state index in [9.17, 15) is 14.0 Å². The van der Waals surface area contributed by atoms with E-state index in [0.717, 1.165) is 18.2 Å². The molecule has 16 radical (unpaired) electrons. The van der Waals surface area contributed by atoms with Crippen molar-refractivity contribution >= 4 is 86.1 Å². The van der Waals surface area contributed by atoms with Gasteiger partial charge in [0.05, 0.1) is 67.8 Å². The van der Waals surface area contributed by atoms with Crippen molar-refractivity contribution < 1.29 is 14.0 Å². The summed E-state index contributed by atoms with van der Waals surface area (Å²) in [4.78, 5) is 25.6. The minimum Gasteiger partial charge on any atom is -0.363 e. The number of nitrogens with zero attached hydrogens (tertiary/aromatic N) is 1. The predicted molar refractivity (Wildman–Crippen MR) is 99.5 cm³/mol. The summed E-state index contributed by atoms with van der Waals surface area (Å²) >= 11 is 5.65. The fraction of sp³-hybridized carbons (Fsp3) is 0.333. The zero-order valence-electron chi connectivity index (χ0n) is 12.9. The molecule has 1 fully saturated rings. The average molecular weight is 334 g/mol. The molecule has 0 spiro atoms. The first kappa shape index (κ1) is 20.4. The number of carbonyl (C=O) groups is 2. The molecule has 1 amide bonds. The summed E-state index contributed by atoms with van der Waals surface area (Å²) in [5.74, 6) is -3.13. The van der Waals surface area contributed by atoms with Crippen LogP contribution in [0.2, 0.25) is 15.5 Å². The fourth-order valence-electron chi connectivity index (χ4n) is 2.48. The van der Waals surface area contributed by atoms with Crippen molar-refractivity contribution in [1.29, 1.82) is 0 Å². The van der Waals surface area contributed by atoms with Crippen LogP contribution in [0.1, 0.15) is 10.4 Å². The highest BCUT2D eigenvalue weighted by molar-refractivity contribution is 6.73. The number of hydrogen-bond acceptors (Lipinski definition) is 2. The van der Waals surface area contributed by atoms with Crippen LogP contribution >= 0.6 is 11.6 Å². The van der Waals surface area contributed by atoms with Crippen molar-refractivity contribution in [2.45, 2.75) is 21.1 Å². The lowest BCUT2D eigenvalue weighted by Crippen LogP contribution is -2.80.